The predicted molar refractivity (Wildman–Crippen MR) is 65.8 cm³/mol. The predicted octanol–water partition coefficient (Wildman–Crippen LogP) is 2.31. The second-order valence-electron chi connectivity index (χ2n) is 4.11. The third-order valence-electron chi connectivity index (χ3n) is 2.73. The average Bonchev–Trinajstić information content (AvgIpc) is 2.27. The molecule has 5 heteroatoms. The highest BCUT2D eigenvalue weighted by Gasteiger charge is 2.16. The van der Waals surface area contributed by atoms with E-state index in [9.17, 15) is 13.6 Å². The molecule has 94 valence electrons. The van der Waals surface area contributed by atoms with E-state index in [4.69, 9.17) is 5.73 Å². The van der Waals surface area contributed by atoms with Crippen molar-refractivity contribution in [3.05, 3.63) is 57.5 Å². The van der Waals surface area contributed by atoms with Gasteiger partial charge in [-0.1, -0.05) is 0 Å². The fourth-order valence-electron chi connectivity index (χ4n) is 2.00. The molecule has 0 saturated carbocycles. The van der Waals surface area contributed by atoms with Gasteiger partial charge in [0.2, 0.25) is 0 Å². The SMILES string of the molecule is Cc1cc(=O)cc(C)n1-c1c(N)ccc(F)c1F. The number of nitrogen functional groups attached to an aromatic ring is 1. The number of hydrogen-bond acceptors (Lipinski definition) is 2. The lowest BCUT2D eigenvalue weighted by atomic mass is 10.2. The molecule has 3 nitrogen and oxygen atoms in total. The topological polar surface area (TPSA) is 48.0 Å². The van der Waals surface area contributed by atoms with E-state index in [2.05, 4.69) is 0 Å². The molecule has 2 aromatic rings. The molecule has 1 aromatic heterocycles. The zero-order chi connectivity index (χ0) is 13.4. The first-order chi connectivity index (χ1) is 8.41. The van der Waals surface area contributed by atoms with Gasteiger partial charge in [-0.25, -0.2) is 8.78 Å². The molecular formula is C13H12F2N2O. The summed E-state index contributed by atoms with van der Waals surface area (Å²) in [6.45, 7) is 3.27. The Hall–Kier alpha value is -2.17. The van der Waals surface area contributed by atoms with Gasteiger partial charge in [0, 0.05) is 23.5 Å². The molecule has 0 atom stereocenters. The van der Waals surface area contributed by atoms with Gasteiger partial charge in [0.15, 0.2) is 17.1 Å². The van der Waals surface area contributed by atoms with Crippen molar-refractivity contribution in [3.63, 3.8) is 0 Å². The number of hydrogen-bond donors (Lipinski definition) is 1. The summed E-state index contributed by atoms with van der Waals surface area (Å²) < 4.78 is 28.6. The molecule has 2 N–H and O–H groups in total. The maximum absolute atomic E-state index is 13.9. The van der Waals surface area contributed by atoms with Crippen LogP contribution in [0.2, 0.25) is 0 Å². The van der Waals surface area contributed by atoms with Crippen molar-refractivity contribution >= 4 is 5.69 Å². The Kier molecular flexibility index (Phi) is 2.90. The first-order valence-corrected chi connectivity index (χ1v) is 5.36. The second-order valence-corrected chi connectivity index (χ2v) is 4.11. The van der Waals surface area contributed by atoms with E-state index in [0.29, 0.717) is 11.4 Å². The number of benzene rings is 1. The summed E-state index contributed by atoms with van der Waals surface area (Å²) in [5.41, 5.74) is 6.55. The van der Waals surface area contributed by atoms with E-state index in [1.165, 1.54) is 22.8 Å². The minimum atomic E-state index is -1.02. The van der Waals surface area contributed by atoms with Crippen molar-refractivity contribution in [2.75, 3.05) is 5.73 Å². The largest absolute Gasteiger partial charge is 0.397 e. The van der Waals surface area contributed by atoms with Gasteiger partial charge in [-0.05, 0) is 26.0 Å². The fraction of sp³-hybridized carbons (Fsp3) is 0.154. The quantitative estimate of drug-likeness (QED) is 0.789. The first-order valence-electron chi connectivity index (χ1n) is 5.36. The van der Waals surface area contributed by atoms with Crippen LogP contribution in [0.25, 0.3) is 5.69 Å². The van der Waals surface area contributed by atoms with Crippen LogP contribution in [0.15, 0.2) is 29.1 Å². The van der Waals surface area contributed by atoms with Gasteiger partial charge >= 0.3 is 0 Å². The zero-order valence-corrected chi connectivity index (χ0v) is 10.00. The second kappa shape index (κ2) is 4.25. The molecule has 0 aliphatic heterocycles. The summed E-state index contributed by atoms with van der Waals surface area (Å²) in [6, 6.07) is 4.96. The summed E-state index contributed by atoms with van der Waals surface area (Å²) in [5, 5.41) is 0. The molecule has 18 heavy (non-hydrogen) atoms. The highest BCUT2D eigenvalue weighted by Crippen LogP contribution is 2.25. The standard InChI is InChI=1S/C13H12F2N2O/c1-7-5-9(18)6-8(2)17(7)13-11(16)4-3-10(14)12(13)15/h3-6H,16H2,1-2H3. The van der Waals surface area contributed by atoms with Crippen LogP contribution in [-0.4, -0.2) is 4.57 Å². The van der Waals surface area contributed by atoms with E-state index in [1.807, 2.05) is 0 Å². The van der Waals surface area contributed by atoms with Crippen LogP contribution in [-0.2, 0) is 0 Å². The summed E-state index contributed by atoms with van der Waals surface area (Å²) in [5.74, 6) is -2.00. The molecule has 0 fully saturated rings. The van der Waals surface area contributed by atoms with E-state index in [0.717, 1.165) is 6.07 Å². The minimum absolute atomic E-state index is 0.0648. The summed E-state index contributed by atoms with van der Waals surface area (Å²) in [7, 11) is 0. The first kappa shape index (κ1) is 12.3. The lowest BCUT2D eigenvalue weighted by molar-refractivity contribution is 0.503. The van der Waals surface area contributed by atoms with Crippen molar-refractivity contribution < 1.29 is 8.78 Å². The number of aryl methyl sites for hydroxylation is 2. The van der Waals surface area contributed by atoms with Gasteiger partial charge in [0.25, 0.3) is 0 Å². The smallest absolute Gasteiger partial charge is 0.184 e. The Labute approximate surface area is 102 Å². The Balaban J connectivity index is 2.86. The Morgan fingerprint density at radius 1 is 1.11 bits per heavy atom. The number of halogens is 2. The summed E-state index contributed by atoms with van der Waals surface area (Å²) in [6.07, 6.45) is 0. The maximum Gasteiger partial charge on any atom is 0.184 e. The van der Waals surface area contributed by atoms with Crippen LogP contribution in [0.1, 0.15) is 11.4 Å². The number of anilines is 1. The molecule has 0 bridgehead atoms. The molecule has 0 aliphatic carbocycles. The molecule has 0 unspecified atom stereocenters. The summed E-state index contributed by atoms with van der Waals surface area (Å²) in [4.78, 5) is 11.3. The van der Waals surface area contributed by atoms with Crippen LogP contribution in [0.4, 0.5) is 14.5 Å². The zero-order valence-electron chi connectivity index (χ0n) is 10.00. The van der Waals surface area contributed by atoms with Crippen molar-refractivity contribution in [3.8, 4) is 5.69 Å². The lowest BCUT2D eigenvalue weighted by Crippen LogP contribution is -2.14. The monoisotopic (exact) mass is 250 g/mol. The molecule has 2 rings (SSSR count). The van der Waals surface area contributed by atoms with Crippen molar-refractivity contribution in [1.29, 1.82) is 0 Å². The lowest BCUT2D eigenvalue weighted by Gasteiger charge is -2.17. The Morgan fingerprint density at radius 3 is 2.22 bits per heavy atom. The maximum atomic E-state index is 13.9. The van der Waals surface area contributed by atoms with Gasteiger partial charge in [0.1, 0.15) is 5.69 Å². The molecule has 0 aliphatic rings. The van der Waals surface area contributed by atoms with Crippen molar-refractivity contribution in [1.82, 2.24) is 4.57 Å². The van der Waals surface area contributed by atoms with Gasteiger partial charge in [-0.3, -0.25) is 4.79 Å². The molecular weight excluding hydrogens is 238 g/mol. The number of pyridine rings is 1. The molecule has 0 spiro atoms. The molecule has 1 heterocycles. The number of rotatable bonds is 1. The van der Waals surface area contributed by atoms with Gasteiger partial charge in [-0.15, -0.1) is 0 Å². The molecule has 0 amide bonds. The van der Waals surface area contributed by atoms with Gasteiger partial charge in [0.05, 0.1) is 5.69 Å². The van der Waals surface area contributed by atoms with Gasteiger partial charge in [-0.2, -0.15) is 0 Å². The van der Waals surface area contributed by atoms with Crippen LogP contribution in [0.3, 0.4) is 0 Å². The number of nitrogens with two attached hydrogens (primary N) is 1. The molecule has 0 saturated heterocycles. The van der Waals surface area contributed by atoms with E-state index in [1.54, 1.807) is 13.8 Å². The Morgan fingerprint density at radius 2 is 1.67 bits per heavy atom. The van der Waals surface area contributed by atoms with E-state index in [-0.39, 0.29) is 16.8 Å². The van der Waals surface area contributed by atoms with Crippen LogP contribution < -0.4 is 11.2 Å². The van der Waals surface area contributed by atoms with Crippen LogP contribution in [0, 0.1) is 25.5 Å². The van der Waals surface area contributed by atoms with Crippen molar-refractivity contribution in [2.45, 2.75) is 13.8 Å². The third kappa shape index (κ3) is 1.88. The van der Waals surface area contributed by atoms with Crippen molar-refractivity contribution in [2.24, 2.45) is 0 Å². The van der Waals surface area contributed by atoms with Crippen LogP contribution in [0.5, 0.6) is 0 Å². The summed E-state index contributed by atoms with van der Waals surface area (Å²) >= 11 is 0. The van der Waals surface area contributed by atoms with Crippen LogP contribution >= 0.6 is 0 Å². The normalized spacial score (nSPS) is 10.7. The highest BCUT2D eigenvalue weighted by molar-refractivity contribution is 5.60. The van der Waals surface area contributed by atoms with E-state index >= 15 is 0 Å². The minimum Gasteiger partial charge on any atom is -0.397 e. The van der Waals surface area contributed by atoms with Gasteiger partial charge < -0.3 is 10.3 Å². The molecule has 0 radical (unpaired) electrons. The highest BCUT2D eigenvalue weighted by atomic mass is 19.2. The third-order valence-corrected chi connectivity index (χ3v) is 2.73. The fourth-order valence-corrected chi connectivity index (χ4v) is 2.00. The number of aromatic nitrogens is 1. The van der Waals surface area contributed by atoms with E-state index < -0.39 is 11.6 Å². The Bertz CT molecular complexity index is 651. The molecule has 1 aromatic carbocycles. The average molecular weight is 250 g/mol. The number of nitrogens with zero attached hydrogens (tertiary/aromatic N) is 1.